The summed E-state index contributed by atoms with van der Waals surface area (Å²) in [6.45, 7) is 3.11. The summed E-state index contributed by atoms with van der Waals surface area (Å²) in [6.07, 6.45) is -4.85. The van der Waals surface area contributed by atoms with Crippen molar-refractivity contribution in [3.05, 3.63) is 42.0 Å². The second-order valence-electron chi connectivity index (χ2n) is 6.36. The van der Waals surface area contributed by atoms with Gasteiger partial charge in [-0.05, 0) is 23.4 Å². The SMILES string of the molecule is COc1ccc([C@@H](CCC(F)(F)F)N2CCNCC2)c2ccccc12.Cl.Cl. The van der Waals surface area contributed by atoms with Crippen molar-refractivity contribution < 1.29 is 17.9 Å². The lowest BCUT2D eigenvalue weighted by atomic mass is 9.93. The second-order valence-corrected chi connectivity index (χ2v) is 6.36. The van der Waals surface area contributed by atoms with Crippen molar-refractivity contribution in [1.82, 2.24) is 10.2 Å². The van der Waals surface area contributed by atoms with E-state index >= 15 is 0 Å². The average Bonchev–Trinajstić information content (AvgIpc) is 2.62. The first-order chi connectivity index (χ1) is 12.0. The van der Waals surface area contributed by atoms with Crippen LogP contribution in [0, 0.1) is 0 Å². The largest absolute Gasteiger partial charge is 0.496 e. The Hall–Kier alpha value is -1.21. The topological polar surface area (TPSA) is 24.5 Å². The fourth-order valence-electron chi connectivity index (χ4n) is 3.59. The van der Waals surface area contributed by atoms with Gasteiger partial charge in [-0.25, -0.2) is 0 Å². The first kappa shape index (κ1) is 23.8. The van der Waals surface area contributed by atoms with Gasteiger partial charge in [-0.1, -0.05) is 30.3 Å². The Bertz CT molecular complexity index is 722. The Balaban J connectivity index is 0.00000182. The van der Waals surface area contributed by atoms with Gasteiger partial charge in [0, 0.05) is 44.0 Å². The lowest BCUT2D eigenvalue weighted by Gasteiger charge is -2.36. The molecule has 2 aromatic rings. The maximum absolute atomic E-state index is 12.9. The molecular weight excluding hydrogens is 400 g/mol. The first-order valence-corrected chi connectivity index (χ1v) is 8.57. The number of alkyl halides is 3. The van der Waals surface area contributed by atoms with E-state index in [1.54, 1.807) is 7.11 Å². The van der Waals surface area contributed by atoms with Crippen LogP contribution in [0.1, 0.15) is 24.4 Å². The number of nitrogens with one attached hydrogen (secondary N) is 1. The molecule has 152 valence electrons. The normalized spacial score (nSPS) is 16.3. The summed E-state index contributed by atoms with van der Waals surface area (Å²) in [5.41, 5.74) is 0.947. The molecule has 1 atom stereocenters. The lowest BCUT2D eigenvalue weighted by Crippen LogP contribution is -2.45. The molecule has 0 aromatic heterocycles. The van der Waals surface area contributed by atoms with Crippen molar-refractivity contribution in [2.24, 2.45) is 0 Å². The molecule has 0 spiro atoms. The molecule has 1 N–H and O–H groups in total. The lowest BCUT2D eigenvalue weighted by molar-refractivity contribution is -0.138. The van der Waals surface area contributed by atoms with Gasteiger partial charge in [0.05, 0.1) is 7.11 Å². The van der Waals surface area contributed by atoms with Crippen LogP contribution in [-0.2, 0) is 0 Å². The third kappa shape index (κ3) is 5.88. The van der Waals surface area contributed by atoms with Crippen LogP contribution in [0.2, 0.25) is 0 Å². The number of hydrogen-bond donors (Lipinski definition) is 1. The van der Waals surface area contributed by atoms with E-state index in [4.69, 9.17) is 4.74 Å². The molecule has 1 aliphatic rings. The molecule has 1 aliphatic heterocycles. The van der Waals surface area contributed by atoms with Crippen molar-refractivity contribution in [2.75, 3.05) is 33.3 Å². The number of rotatable bonds is 5. The molecule has 1 saturated heterocycles. The van der Waals surface area contributed by atoms with Crippen LogP contribution in [0.5, 0.6) is 5.75 Å². The van der Waals surface area contributed by atoms with Crippen molar-refractivity contribution in [3.63, 3.8) is 0 Å². The van der Waals surface area contributed by atoms with Crippen molar-refractivity contribution in [2.45, 2.75) is 25.1 Å². The highest BCUT2D eigenvalue weighted by Gasteiger charge is 2.32. The van der Waals surface area contributed by atoms with Crippen molar-refractivity contribution in [3.8, 4) is 5.75 Å². The highest BCUT2D eigenvalue weighted by molar-refractivity contribution is 5.91. The minimum Gasteiger partial charge on any atom is -0.496 e. The second kappa shape index (κ2) is 10.4. The quantitative estimate of drug-likeness (QED) is 0.732. The van der Waals surface area contributed by atoms with Gasteiger partial charge < -0.3 is 10.1 Å². The molecule has 0 saturated carbocycles. The Labute approximate surface area is 170 Å². The highest BCUT2D eigenvalue weighted by Crippen LogP contribution is 2.37. The number of halogens is 5. The molecule has 1 heterocycles. The molecule has 2 aromatic carbocycles. The zero-order chi connectivity index (χ0) is 17.9. The van der Waals surface area contributed by atoms with Crippen LogP contribution < -0.4 is 10.1 Å². The molecule has 3 nitrogen and oxygen atoms in total. The van der Waals surface area contributed by atoms with E-state index in [-0.39, 0.29) is 37.3 Å². The Morgan fingerprint density at radius 3 is 2.26 bits per heavy atom. The van der Waals surface area contributed by atoms with Crippen molar-refractivity contribution in [1.29, 1.82) is 0 Å². The van der Waals surface area contributed by atoms with E-state index in [0.717, 1.165) is 48.3 Å². The zero-order valence-electron chi connectivity index (χ0n) is 15.1. The van der Waals surface area contributed by atoms with Crippen LogP contribution in [0.4, 0.5) is 13.2 Å². The van der Waals surface area contributed by atoms with Gasteiger partial charge in [0.25, 0.3) is 0 Å². The van der Waals surface area contributed by atoms with Gasteiger partial charge in [0.2, 0.25) is 0 Å². The van der Waals surface area contributed by atoms with Crippen LogP contribution in [-0.4, -0.2) is 44.4 Å². The van der Waals surface area contributed by atoms with Gasteiger partial charge in [-0.15, -0.1) is 24.8 Å². The van der Waals surface area contributed by atoms with Gasteiger partial charge in [-0.3, -0.25) is 4.90 Å². The number of benzene rings is 2. The zero-order valence-corrected chi connectivity index (χ0v) is 16.7. The Morgan fingerprint density at radius 2 is 1.67 bits per heavy atom. The third-order valence-corrected chi connectivity index (χ3v) is 4.79. The van der Waals surface area contributed by atoms with Gasteiger partial charge >= 0.3 is 6.18 Å². The fraction of sp³-hybridized carbons (Fsp3) is 0.474. The third-order valence-electron chi connectivity index (χ3n) is 4.79. The number of piperazine rings is 1. The smallest absolute Gasteiger partial charge is 0.389 e. The van der Waals surface area contributed by atoms with E-state index in [1.807, 2.05) is 36.4 Å². The Kier molecular flexibility index (Phi) is 9.15. The monoisotopic (exact) mass is 424 g/mol. The molecule has 8 heteroatoms. The molecule has 3 rings (SSSR count). The molecular formula is C19H25Cl2F3N2O. The first-order valence-electron chi connectivity index (χ1n) is 8.57. The fourth-order valence-corrected chi connectivity index (χ4v) is 3.59. The predicted octanol–water partition coefficient (Wildman–Crippen LogP) is 4.98. The predicted molar refractivity (Wildman–Crippen MR) is 107 cm³/mol. The van der Waals surface area contributed by atoms with E-state index in [9.17, 15) is 13.2 Å². The van der Waals surface area contributed by atoms with Crippen molar-refractivity contribution >= 4 is 35.6 Å². The van der Waals surface area contributed by atoms with Crippen LogP contribution in [0.3, 0.4) is 0 Å². The molecule has 0 radical (unpaired) electrons. The van der Waals surface area contributed by atoms with E-state index in [0.29, 0.717) is 0 Å². The molecule has 0 bridgehead atoms. The summed E-state index contributed by atoms with van der Waals surface area (Å²) in [6, 6.07) is 11.3. The minimum absolute atomic E-state index is 0. The maximum Gasteiger partial charge on any atom is 0.389 e. The molecule has 0 unspecified atom stereocenters. The standard InChI is InChI=1S/C19H23F3N2O.2ClH/c1-25-18-7-6-15(14-4-2-3-5-16(14)18)17(8-9-19(20,21)22)24-12-10-23-11-13-24;;/h2-7,17,23H,8-13H2,1H3;2*1H/t17-;;/m1../s1. The van der Waals surface area contributed by atoms with Crippen LogP contribution in [0.25, 0.3) is 10.8 Å². The van der Waals surface area contributed by atoms with E-state index in [1.165, 1.54) is 0 Å². The summed E-state index contributed by atoms with van der Waals surface area (Å²) in [4.78, 5) is 2.16. The summed E-state index contributed by atoms with van der Waals surface area (Å²) in [5.74, 6) is 0.745. The molecule has 27 heavy (non-hydrogen) atoms. The van der Waals surface area contributed by atoms with E-state index in [2.05, 4.69) is 10.2 Å². The van der Waals surface area contributed by atoms with Gasteiger partial charge in [0.1, 0.15) is 5.75 Å². The molecule has 1 fully saturated rings. The van der Waals surface area contributed by atoms with Crippen LogP contribution in [0.15, 0.2) is 36.4 Å². The molecule has 0 aliphatic carbocycles. The number of methoxy groups -OCH3 is 1. The number of fused-ring (bicyclic) bond motifs is 1. The highest BCUT2D eigenvalue weighted by atomic mass is 35.5. The van der Waals surface area contributed by atoms with Crippen LogP contribution >= 0.6 is 24.8 Å². The minimum atomic E-state index is -4.14. The summed E-state index contributed by atoms with van der Waals surface area (Å²) < 4.78 is 44.1. The Morgan fingerprint density at radius 1 is 1.04 bits per heavy atom. The summed E-state index contributed by atoms with van der Waals surface area (Å²) in [5, 5.41) is 5.17. The summed E-state index contributed by atoms with van der Waals surface area (Å²) in [7, 11) is 1.61. The van der Waals surface area contributed by atoms with E-state index < -0.39 is 12.6 Å². The maximum atomic E-state index is 12.9. The number of ether oxygens (including phenoxy) is 1. The van der Waals surface area contributed by atoms with Gasteiger partial charge in [-0.2, -0.15) is 13.2 Å². The molecule has 0 amide bonds. The summed E-state index contributed by atoms with van der Waals surface area (Å²) >= 11 is 0. The number of hydrogen-bond acceptors (Lipinski definition) is 3. The number of nitrogens with zero attached hydrogens (tertiary/aromatic N) is 1. The van der Waals surface area contributed by atoms with Gasteiger partial charge in [0.15, 0.2) is 0 Å². The average molecular weight is 425 g/mol.